The molecule has 3 fully saturated rings. The first-order chi connectivity index (χ1) is 16.0. The highest BCUT2D eigenvalue weighted by molar-refractivity contribution is 5.88. The van der Waals surface area contributed by atoms with Gasteiger partial charge < -0.3 is 29.1 Å². The zero-order valence-corrected chi connectivity index (χ0v) is 19.1. The Balaban J connectivity index is 1.16. The molecule has 1 aliphatic heterocycles. The van der Waals surface area contributed by atoms with E-state index in [-0.39, 0.29) is 12.0 Å². The van der Waals surface area contributed by atoms with Crippen LogP contribution in [0, 0.1) is 16.7 Å². The minimum atomic E-state index is -0.641. The number of carboxylic acids is 1. The van der Waals surface area contributed by atoms with E-state index < -0.39 is 11.4 Å². The fraction of sp³-hybridized carbons (Fsp3) is 0.680. The van der Waals surface area contributed by atoms with Crippen LogP contribution in [0.1, 0.15) is 51.4 Å². The van der Waals surface area contributed by atoms with Crippen molar-refractivity contribution in [3.8, 4) is 11.6 Å². The summed E-state index contributed by atoms with van der Waals surface area (Å²) in [6, 6.07) is 5.62. The van der Waals surface area contributed by atoms with Crippen molar-refractivity contribution < 1.29 is 29.0 Å². The maximum absolute atomic E-state index is 11.7. The van der Waals surface area contributed by atoms with Crippen LogP contribution in [-0.2, 0) is 4.79 Å². The molecule has 8 nitrogen and oxygen atoms in total. The number of hydrogen-bond acceptors (Lipinski definition) is 7. The molecule has 0 atom stereocenters. The number of benzene rings is 1. The van der Waals surface area contributed by atoms with Gasteiger partial charge in [-0.25, -0.2) is 0 Å². The van der Waals surface area contributed by atoms with Crippen molar-refractivity contribution in [1.82, 2.24) is 10.1 Å². The zero-order chi connectivity index (χ0) is 22.9. The Morgan fingerprint density at radius 2 is 1.91 bits per heavy atom. The van der Waals surface area contributed by atoms with E-state index in [4.69, 9.17) is 14.0 Å². The summed E-state index contributed by atoms with van der Waals surface area (Å²) in [7, 11) is 0. The van der Waals surface area contributed by atoms with Gasteiger partial charge in [0, 0.05) is 12.0 Å². The number of fused-ring (bicyclic) bond motifs is 1. The highest BCUT2D eigenvalue weighted by Crippen LogP contribution is 2.43. The molecule has 0 amide bonds. The first-order valence-corrected chi connectivity index (χ1v) is 12.2. The normalized spacial score (nSPS) is 22.5. The van der Waals surface area contributed by atoms with E-state index in [1.807, 2.05) is 18.2 Å². The van der Waals surface area contributed by atoms with E-state index in [0.717, 1.165) is 69.8 Å². The Kier molecular flexibility index (Phi) is 6.22. The molecule has 0 unspecified atom stereocenters. The first kappa shape index (κ1) is 22.5. The standard InChI is InChI=1S/C25H34N2O6/c28-16-24(8-2-9-24)17-32-19-4-1-5-20-21(19)22(26-33-20)31-14-18-6-12-27(13-7-18)15-25(23(29)30)10-3-11-25/h1,4-5,18,28H,2-3,6-17H2,(H,29,30). The van der Waals surface area contributed by atoms with E-state index in [2.05, 4.69) is 10.1 Å². The topological polar surface area (TPSA) is 105 Å². The van der Waals surface area contributed by atoms with Crippen molar-refractivity contribution in [2.45, 2.75) is 51.4 Å². The van der Waals surface area contributed by atoms with Crippen LogP contribution in [0.3, 0.4) is 0 Å². The lowest BCUT2D eigenvalue weighted by molar-refractivity contribution is -0.156. The van der Waals surface area contributed by atoms with Gasteiger partial charge in [-0.1, -0.05) is 18.9 Å². The van der Waals surface area contributed by atoms with Crippen molar-refractivity contribution in [1.29, 1.82) is 0 Å². The molecule has 5 rings (SSSR count). The third-order valence-corrected chi connectivity index (χ3v) is 8.17. The van der Waals surface area contributed by atoms with Gasteiger partial charge in [-0.2, -0.15) is 0 Å². The Morgan fingerprint density at radius 1 is 1.15 bits per heavy atom. The Labute approximate surface area is 193 Å². The summed E-state index contributed by atoms with van der Waals surface area (Å²) in [5.41, 5.74) is -0.0241. The van der Waals surface area contributed by atoms with Crippen LogP contribution in [0.2, 0.25) is 0 Å². The first-order valence-electron chi connectivity index (χ1n) is 12.2. The quantitative estimate of drug-likeness (QED) is 0.555. The summed E-state index contributed by atoms with van der Waals surface area (Å²) >= 11 is 0. The van der Waals surface area contributed by atoms with Gasteiger partial charge in [-0.3, -0.25) is 4.79 Å². The molecule has 2 aliphatic carbocycles. The third-order valence-electron chi connectivity index (χ3n) is 8.17. The molecule has 0 spiro atoms. The highest BCUT2D eigenvalue weighted by Gasteiger charge is 2.45. The molecule has 1 aromatic carbocycles. The number of aliphatic hydroxyl groups excluding tert-OH is 1. The van der Waals surface area contributed by atoms with Gasteiger partial charge >= 0.3 is 5.97 Å². The molecule has 1 aromatic heterocycles. The Bertz CT molecular complexity index is 967. The van der Waals surface area contributed by atoms with Crippen molar-refractivity contribution in [3.05, 3.63) is 18.2 Å². The minimum absolute atomic E-state index is 0.132. The van der Waals surface area contributed by atoms with E-state index >= 15 is 0 Å². The molecule has 0 radical (unpaired) electrons. The monoisotopic (exact) mass is 458 g/mol. The van der Waals surface area contributed by atoms with E-state index in [9.17, 15) is 15.0 Å². The summed E-state index contributed by atoms with van der Waals surface area (Å²) in [6.07, 6.45) is 7.68. The number of carboxylic acid groups (broad SMARTS) is 1. The second-order valence-corrected chi connectivity index (χ2v) is 10.4. The summed E-state index contributed by atoms with van der Waals surface area (Å²) in [4.78, 5) is 14.0. The van der Waals surface area contributed by atoms with Crippen LogP contribution < -0.4 is 9.47 Å². The smallest absolute Gasteiger partial charge is 0.310 e. The van der Waals surface area contributed by atoms with Crippen LogP contribution in [0.4, 0.5) is 0 Å². The number of aromatic nitrogens is 1. The predicted octanol–water partition coefficient (Wildman–Crippen LogP) is 3.71. The summed E-state index contributed by atoms with van der Waals surface area (Å²) < 4.78 is 17.7. The molecule has 2 N–H and O–H groups in total. The lowest BCUT2D eigenvalue weighted by atomic mass is 9.68. The summed E-state index contributed by atoms with van der Waals surface area (Å²) in [5, 5.41) is 24.2. The van der Waals surface area contributed by atoms with Crippen LogP contribution in [0.15, 0.2) is 22.7 Å². The van der Waals surface area contributed by atoms with Crippen LogP contribution >= 0.6 is 0 Å². The van der Waals surface area contributed by atoms with E-state index in [1.54, 1.807) is 0 Å². The molecule has 1 saturated heterocycles. The maximum Gasteiger partial charge on any atom is 0.310 e. The number of hydrogen-bond donors (Lipinski definition) is 2. The van der Waals surface area contributed by atoms with Gasteiger partial charge in [0.25, 0.3) is 5.88 Å². The number of ether oxygens (including phenoxy) is 2. The number of carbonyl (C=O) groups is 1. The Morgan fingerprint density at radius 3 is 2.52 bits per heavy atom. The van der Waals surface area contributed by atoms with Gasteiger partial charge in [0.15, 0.2) is 5.58 Å². The number of aliphatic hydroxyl groups is 1. The molecular formula is C25H34N2O6. The SMILES string of the molecule is O=C(O)C1(CN2CCC(COc3noc4cccc(OCC5(CO)CCC5)c34)CC2)CCC1. The van der Waals surface area contributed by atoms with Gasteiger partial charge in [-0.05, 0) is 74.8 Å². The number of rotatable bonds is 10. The van der Waals surface area contributed by atoms with Crippen molar-refractivity contribution in [2.75, 3.05) is 39.5 Å². The molecule has 2 saturated carbocycles. The second-order valence-electron chi connectivity index (χ2n) is 10.4. The van der Waals surface area contributed by atoms with Crippen molar-refractivity contribution in [2.24, 2.45) is 16.7 Å². The minimum Gasteiger partial charge on any atom is -0.492 e. The molecule has 2 heterocycles. The summed E-state index contributed by atoms with van der Waals surface area (Å²) in [5.74, 6) is 0.889. The summed E-state index contributed by atoms with van der Waals surface area (Å²) in [6.45, 7) is 3.64. The second kappa shape index (κ2) is 9.14. The zero-order valence-electron chi connectivity index (χ0n) is 19.1. The third kappa shape index (κ3) is 4.43. The van der Waals surface area contributed by atoms with Gasteiger partial charge in [-0.15, -0.1) is 0 Å². The maximum atomic E-state index is 11.7. The molecule has 3 aliphatic rings. The molecular weight excluding hydrogens is 424 g/mol. The molecule has 180 valence electrons. The average Bonchev–Trinajstić information content (AvgIpc) is 3.19. The molecule has 33 heavy (non-hydrogen) atoms. The van der Waals surface area contributed by atoms with Crippen molar-refractivity contribution >= 4 is 16.9 Å². The molecule has 0 bridgehead atoms. The van der Waals surface area contributed by atoms with Crippen LogP contribution in [0.25, 0.3) is 11.0 Å². The molecule has 8 heteroatoms. The van der Waals surface area contributed by atoms with Crippen LogP contribution in [-0.4, -0.2) is 65.7 Å². The van der Waals surface area contributed by atoms with Crippen LogP contribution in [0.5, 0.6) is 11.6 Å². The average molecular weight is 459 g/mol. The lowest BCUT2D eigenvalue weighted by Crippen LogP contribution is -2.49. The van der Waals surface area contributed by atoms with E-state index in [1.165, 1.54) is 0 Å². The fourth-order valence-corrected chi connectivity index (χ4v) is 5.39. The predicted molar refractivity (Wildman–Crippen MR) is 121 cm³/mol. The largest absolute Gasteiger partial charge is 0.492 e. The fourth-order valence-electron chi connectivity index (χ4n) is 5.39. The lowest BCUT2D eigenvalue weighted by Gasteiger charge is -2.43. The highest BCUT2D eigenvalue weighted by atomic mass is 16.5. The van der Waals surface area contributed by atoms with Gasteiger partial charge in [0.1, 0.15) is 11.1 Å². The van der Waals surface area contributed by atoms with E-state index in [0.29, 0.717) is 42.9 Å². The number of aliphatic carboxylic acids is 1. The number of piperidine rings is 1. The molecule has 2 aromatic rings. The Hall–Kier alpha value is -2.32. The number of nitrogens with zero attached hydrogens (tertiary/aromatic N) is 2. The van der Waals surface area contributed by atoms with Gasteiger partial charge in [0.05, 0.1) is 25.2 Å². The van der Waals surface area contributed by atoms with Gasteiger partial charge in [0.2, 0.25) is 0 Å². The number of likely N-dealkylation sites (tertiary alicyclic amines) is 1. The van der Waals surface area contributed by atoms with Crippen molar-refractivity contribution in [3.63, 3.8) is 0 Å².